The van der Waals surface area contributed by atoms with Gasteiger partial charge in [0.15, 0.2) is 0 Å². The average molecular weight is 284 g/mol. The number of piperidine rings is 2. The minimum atomic E-state index is 0.211. The number of nitrogens with zero attached hydrogens (tertiary/aromatic N) is 1. The number of ether oxygens (including phenoxy) is 2. The molecular weight excluding hydrogens is 252 g/mol. The first-order valence-corrected chi connectivity index (χ1v) is 8.29. The number of rotatable bonds is 8. The molecule has 0 radical (unpaired) electrons. The van der Waals surface area contributed by atoms with Crippen molar-refractivity contribution in [2.75, 3.05) is 33.9 Å². The third-order valence-corrected chi connectivity index (χ3v) is 4.91. The number of nitrogens with one attached hydrogen (secondary N) is 1. The van der Waals surface area contributed by atoms with Crippen LogP contribution in [0, 0.1) is 0 Å². The lowest BCUT2D eigenvalue weighted by atomic mass is 9.81. The standard InChI is InChI=1S/C16H32N2O2/c1-4-8-17-13-9-14-6-5-7-15(10-13)18(14)11-16(20-3)12-19-2/h13-17H,4-12H2,1-3H3. The lowest BCUT2D eigenvalue weighted by Crippen LogP contribution is -2.58. The van der Waals surface area contributed by atoms with Crippen molar-refractivity contribution >= 4 is 0 Å². The summed E-state index contributed by atoms with van der Waals surface area (Å²) in [5.74, 6) is 0. The zero-order valence-electron chi connectivity index (χ0n) is 13.4. The highest BCUT2D eigenvalue weighted by Crippen LogP contribution is 2.34. The predicted octanol–water partition coefficient (Wildman–Crippen LogP) is 2.03. The smallest absolute Gasteiger partial charge is 0.0931 e. The van der Waals surface area contributed by atoms with Crippen LogP contribution in [0.25, 0.3) is 0 Å². The molecule has 2 saturated heterocycles. The Morgan fingerprint density at radius 3 is 2.45 bits per heavy atom. The van der Waals surface area contributed by atoms with E-state index in [0.717, 1.165) is 31.2 Å². The third kappa shape index (κ3) is 4.17. The van der Waals surface area contributed by atoms with Gasteiger partial charge < -0.3 is 14.8 Å². The minimum absolute atomic E-state index is 0.211. The van der Waals surface area contributed by atoms with Crippen LogP contribution >= 0.6 is 0 Å². The molecule has 118 valence electrons. The van der Waals surface area contributed by atoms with E-state index in [0.29, 0.717) is 6.61 Å². The monoisotopic (exact) mass is 284 g/mol. The second-order valence-corrected chi connectivity index (χ2v) is 6.37. The number of hydrogen-bond acceptors (Lipinski definition) is 4. The Kier molecular flexibility index (Phi) is 6.75. The summed E-state index contributed by atoms with van der Waals surface area (Å²) in [6.45, 7) is 5.13. The molecule has 0 aromatic rings. The van der Waals surface area contributed by atoms with E-state index < -0.39 is 0 Å². The molecule has 3 atom stereocenters. The van der Waals surface area contributed by atoms with Crippen LogP contribution in [-0.2, 0) is 9.47 Å². The maximum absolute atomic E-state index is 5.57. The molecular formula is C16H32N2O2. The topological polar surface area (TPSA) is 33.7 Å². The van der Waals surface area contributed by atoms with Crippen molar-refractivity contribution in [2.45, 2.75) is 69.7 Å². The van der Waals surface area contributed by atoms with Gasteiger partial charge >= 0.3 is 0 Å². The van der Waals surface area contributed by atoms with Crippen molar-refractivity contribution in [1.29, 1.82) is 0 Å². The van der Waals surface area contributed by atoms with E-state index in [-0.39, 0.29) is 6.10 Å². The highest BCUT2D eigenvalue weighted by Gasteiger charge is 2.38. The minimum Gasteiger partial charge on any atom is -0.382 e. The van der Waals surface area contributed by atoms with Gasteiger partial charge in [-0.15, -0.1) is 0 Å². The van der Waals surface area contributed by atoms with Gasteiger partial charge in [0.2, 0.25) is 0 Å². The summed E-state index contributed by atoms with van der Waals surface area (Å²) in [6.07, 6.45) is 8.15. The maximum atomic E-state index is 5.57. The maximum Gasteiger partial charge on any atom is 0.0931 e. The summed E-state index contributed by atoms with van der Waals surface area (Å²) in [4.78, 5) is 2.71. The molecule has 2 rings (SSSR count). The van der Waals surface area contributed by atoms with Crippen LogP contribution in [0.2, 0.25) is 0 Å². The van der Waals surface area contributed by atoms with Gasteiger partial charge in [0, 0.05) is 38.9 Å². The molecule has 2 aliphatic rings. The molecule has 4 heteroatoms. The van der Waals surface area contributed by atoms with Gasteiger partial charge in [-0.3, -0.25) is 4.90 Å². The largest absolute Gasteiger partial charge is 0.382 e. The molecule has 2 heterocycles. The van der Waals surface area contributed by atoms with E-state index in [1.807, 2.05) is 0 Å². The third-order valence-electron chi connectivity index (χ3n) is 4.91. The molecule has 2 aliphatic heterocycles. The molecule has 0 aliphatic carbocycles. The lowest BCUT2D eigenvalue weighted by Gasteiger charge is -2.50. The zero-order valence-corrected chi connectivity index (χ0v) is 13.4. The van der Waals surface area contributed by atoms with Gasteiger partial charge in [0.1, 0.15) is 0 Å². The summed E-state index contributed by atoms with van der Waals surface area (Å²) in [6, 6.07) is 2.21. The van der Waals surface area contributed by atoms with Crippen LogP contribution in [0.4, 0.5) is 0 Å². The molecule has 0 aromatic heterocycles. The number of fused-ring (bicyclic) bond motifs is 2. The molecule has 0 saturated carbocycles. The summed E-state index contributed by atoms with van der Waals surface area (Å²) in [5.41, 5.74) is 0. The van der Waals surface area contributed by atoms with E-state index in [2.05, 4.69) is 17.1 Å². The Balaban J connectivity index is 1.90. The zero-order chi connectivity index (χ0) is 14.4. The van der Waals surface area contributed by atoms with Crippen molar-refractivity contribution in [3.05, 3.63) is 0 Å². The Morgan fingerprint density at radius 2 is 1.90 bits per heavy atom. The van der Waals surface area contributed by atoms with Crippen molar-refractivity contribution in [2.24, 2.45) is 0 Å². The van der Waals surface area contributed by atoms with E-state index in [4.69, 9.17) is 9.47 Å². The van der Waals surface area contributed by atoms with Crippen LogP contribution in [0.15, 0.2) is 0 Å². The fourth-order valence-electron chi connectivity index (χ4n) is 3.91. The van der Waals surface area contributed by atoms with Gasteiger partial charge in [-0.2, -0.15) is 0 Å². The van der Waals surface area contributed by atoms with Crippen LogP contribution in [0.1, 0.15) is 45.4 Å². The molecule has 0 spiro atoms. The van der Waals surface area contributed by atoms with Crippen LogP contribution < -0.4 is 5.32 Å². The normalized spacial score (nSPS) is 32.2. The van der Waals surface area contributed by atoms with Crippen LogP contribution in [0.3, 0.4) is 0 Å². The van der Waals surface area contributed by atoms with Gasteiger partial charge in [-0.05, 0) is 38.6 Å². The van der Waals surface area contributed by atoms with E-state index in [9.17, 15) is 0 Å². The molecule has 0 aromatic carbocycles. The van der Waals surface area contributed by atoms with Crippen LogP contribution in [0.5, 0.6) is 0 Å². The summed E-state index contributed by atoms with van der Waals surface area (Å²) in [5, 5.41) is 3.73. The van der Waals surface area contributed by atoms with E-state index in [1.54, 1.807) is 14.2 Å². The van der Waals surface area contributed by atoms with E-state index >= 15 is 0 Å². The SMILES string of the molecule is CCCNC1CC2CCCC(C1)N2CC(COC)OC. The molecule has 2 fully saturated rings. The van der Waals surface area contributed by atoms with Crippen molar-refractivity contribution in [3.63, 3.8) is 0 Å². The van der Waals surface area contributed by atoms with Gasteiger partial charge in [0.05, 0.1) is 12.7 Å². The summed E-state index contributed by atoms with van der Waals surface area (Å²) < 4.78 is 10.8. The van der Waals surface area contributed by atoms with Gasteiger partial charge in [-0.25, -0.2) is 0 Å². The number of methoxy groups -OCH3 is 2. The van der Waals surface area contributed by atoms with Gasteiger partial charge in [-0.1, -0.05) is 13.3 Å². The second-order valence-electron chi connectivity index (χ2n) is 6.37. The van der Waals surface area contributed by atoms with E-state index in [1.165, 1.54) is 38.5 Å². The van der Waals surface area contributed by atoms with Crippen molar-refractivity contribution in [1.82, 2.24) is 10.2 Å². The Hall–Kier alpha value is -0.160. The molecule has 0 amide bonds. The van der Waals surface area contributed by atoms with Crippen molar-refractivity contribution < 1.29 is 9.47 Å². The quantitative estimate of drug-likeness (QED) is 0.739. The molecule has 1 N–H and O–H groups in total. The molecule has 3 unspecified atom stereocenters. The fraction of sp³-hybridized carbons (Fsp3) is 1.00. The number of hydrogen-bond donors (Lipinski definition) is 1. The molecule has 2 bridgehead atoms. The average Bonchev–Trinajstić information content (AvgIpc) is 2.44. The Morgan fingerprint density at radius 1 is 1.20 bits per heavy atom. The molecule has 20 heavy (non-hydrogen) atoms. The summed E-state index contributed by atoms with van der Waals surface area (Å²) >= 11 is 0. The van der Waals surface area contributed by atoms with Gasteiger partial charge in [0.25, 0.3) is 0 Å². The summed E-state index contributed by atoms with van der Waals surface area (Å²) in [7, 11) is 3.56. The highest BCUT2D eigenvalue weighted by molar-refractivity contribution is 4.95. The highest BCUT2D eigenvalue weighted by atomic mass is 16.5. The second kappa shape index (κ2) is 8.32. The Bertz CT molecular complexity index is 261. The first-order valence-electron chi connectivity index (χ1n) is 8.29. The molecule has 4 nitrogen and oxygen atoms in total. The van der Waals surface area contributed by atoms with Crippen LogP contribution in [-0.4, -0.2) is 63.0 Å². The Labute approximate surface area is 124 Å². The first-order chi connectivity index (χ1) is 9.78. The fourth-order valence-corrected chi connectivity index (χ4v) is 3.91. The predicted molar refractivity (Wildman–Crippen MR) is 82.1 cm³/mol. The lowest BCUT2D eigenvalue weighted by molar-refractivity contribution is -0.0440. The first kappa shape index (κ1) is 16.2. The van der Waals surface area contributed by atoms with Crippen molar-refractivity contribution in [3.8, 4) is 0 Å².